The van der Waals surface area contributed by atoms with Gasteiger partial charge in [-0.15, -0.1) is 0 Å². The van der Waals surface area contributed by atoms with Crippen LogP contribution in [0.25, 0.3) is 0 Å². The summed E-state index contributed by atoms with van der Waals surface area (Å²) < 4.78 is 23.5. The van der Waals surface area contributed by atoms with Crippen LogP contribution in [0, 0.1) is 5.92 Å². The maximum Gasteiger partial charge on any atom is 0.232 e. The van der Waals surface area contributed by atoms with Crippen molar-refractivity contribution in [1.29, 1.82) is 0 Å². The molecule has 0 bridgehead atoms. The molecule has 1 atom stereocenters. The average Bonchev–Trinajstić information content (AvgIpc) is 2.94. The molecule has 1 fully saturated rings. The number of carbonyl (C=O) groups excluding carboxylic acids is 2. The van der Waals surface area contributed by atoms with Gasteiger partial charge in [0.25, 0.3) is 0 Å². The van der Waals surface area contributed by atoms with Crippen molar-refractivity contribution in [1.82, 2.24) is 4.90 Å². The SMILES string of the molecule is CC(C)N1C[C@@H](C(=O)N2CCCc3cc(S(C)(=O)=O)ccc32)CC1=O. The van der Waals surface area contributed by atoms with Crippen molar-refractivity contribution >= 4 is 27.3 Å². The van der Waals surface area contributed by atoms with Crippen molar-refractivity contribution in [3.8, 4) is 0 Å². The van der Waals surface area contributed by atoms with Crippen LogP contribution < -0.4 is 4.90 Å². The third kappa shape index (κ3) is 3.42. The predicted molar refractivity (Wildman–Crippen MR) is 95.2 cm³/mol. The summed E-state index contributed by atoms with van der Waals surface area (Å²) in [5, 5.41) is 0. The van der Waals surface area contributed by atoms with Crippen LogP contribution in [0.15, 0.2) is 23.1 Å². The highest BCUT2D eigenvalue weighted by Gasteiger charge is 2.38. The summed E-state index contributed by atoms with van der Waals surface area (Å²) in [6, 6.07) is 5.04. The van der Waals surface area contributed by atoms with E-state index in [1.54, 1.807) is 28.0 Å². The Balaban J connectivity index is 1.86. The van der Waals surface area contributed by atoms with Crippen LogP contribution in [0.1, 0.15) is 32.3 Å². The number of benzene rings is 1. The van der Waals surface area contributed by atoms with Crippen molar-refractivity contribution in [3.05, 3.63) is 23.8 Å². The summed E-state index contributed by atoms with van der Waals surface area (Å²) in [5.74, 6) is -0.335. The van der Waals surface area contributed by atoms with Gasteiger partial charge in [-0.1, -0.05) is 0 Å². The van der Waals surface area contributed by atoms with E-state index in [4.69, 9.17) is 0 Å². The Hall–Kier alpha value is -1.89. The van der Waals surface area contributed by atoms with E-state index in [-0.39, 0.29) is 35.1 Å². The lowest BCUT2D eigenvalue weighted by Crippen LogP contribution is -2.41. The van der Waals surface area contributed by atoms with Gasteiger partial charge >= 0.3 is 0 Å². The number of amides is 2. The molecular formula is C18H24N2O4S. The first-order valence-electron chi connectivity index (χ1n) is 8.62. The van der Waals surface area contributed by atoms with Gasteiger partial charge in [0, 0.05) is 37.5 Å². The van der Waals surface area contributed by atoms with Crippen LogP contribution in [0.5, 0.6) is 0 Å². The first-order chi connectivity index (χ1) is 11.7. The summed E-state index contributed by atoms with van der Waals surface area (Å²) in [7, 11) is -3.27. The molecule has 7 heteroatoms. The minimum absolute atomic E-state index is 0.0259. The van der Waals surface area contributed by atoms with E-state index in [1.807, 2.05) is 13.8 Å². The maximum atomic E-state index is 13.0. The average molecular weight is 364 g/mol. The zero-order chi connectivity index (χ0) is 18.4. The number of nitrogens with zero attached hydrogens (tertiary/aromatic N) is 2. The van der Waals surface area contributed by atoms with E-state index in [9.17, 15) is 18.0 Å². The number of likely N-dealkylation sites (tertiary alicyclic amines) is 1. The molecule has 0 aromatic heterocycles. The lowest BCUT2D eigenvalue weighted by Gasteiger charge is -2.31. The summed E-state index contributed by atoms with van der Waals surface area (Å²) in [6.07, 6.45) is 2.99. The Bertz CT molecular complexity index is 816. The molecule has 1 aromatic rings. The van der Waals surface area contributed by atoms with Gasteiger partial charge in [-0.3, -0.25) is 9.59 Å². The molecule has 0 spiro atoms. The number of aryl methyl sites for hydroxylation is 1. The molecule has 136 valence electrons. The predicted octanol–water partition coefficient (Wildman–Crippen LogP) is 1.63. The highest BCUT2D eigenvalue weighted by molar-refractivity contribution is 7.90. The number of sulfone groups is 1. The third-order valence-corrected chi connectivity index (χ3v) is 6.11. The number of rotatable bonds is 3. The lowest BCUT2D eigenvalue weighted by atomic mass is 9.99. The Kier molecular flexibility index (Phi) is 4.62. The van der Waals surface area contributed by atoms with Gasteiger partial charge in [0.15, 0.2) is 9.84 Å². The van der Waals surface area contributed by atoms with Gasteiger partial charge in [0.2, 0.25) is 11.8 Å². The van der Waals surface area contributed by atoms with E-state index >= 15 is 0 Å². The van der Waals surface area contributed by atoms with Gasteiger partial charge in [-0.05, 0) is 50.5 Å². The zero-order valence-electron chi connectivity index (χ0n) is 14.9. The molecule has 25 heavy (non-hydrogen) atoms. The zero-order valence-corrected chi connectivity index (χ0v) is 15.7. The van der Waals surface area contributed by atoms with Gasteiger partial charge < -0.3 is 9.80 Å². The fourth-order valence-electron chi connectivity index (χ4n) is 3.65. The van der Waals surface area contributed by atoms with Crippen molar-refractivity contribution in [3.63, 3.8) is 0 Å². The lowest BCUT2D eigenvalue weighted by molar-refractivity contribution is -0.129. The van der Waals surface area contributed by atoms with Crippen LogP contribution in [-0.2, 0) is 25.8 Å². The van der Waals surface area contributed by atoms with Crippen LogP contribution in [0.3, 0.4) is 0 Å². The van der Waals surface area contributed by atoms with Crippen molar-refractivity contribution < 1.29 is 18.0 Å². The molecule has 2 aliphatic rings. The van der Waals surface area contributed by atoms with Gasteiger partial charge in [-0.2, -0.15) is 0 Å². The maximum absolute atomic E-state index is 13.0. The highest BCUT2D eigenvalue weighted by atomic mass is 32.2. The smallest absolute Gasteiger partial charge is 0.232 e. The van der Waals surface area contributed by atoms with Crippen molar-refractivity contribution in [2.45, 2.75) is 44.0 Å². The first kappa shape index (κ1) is 17.9. The number of fused-ring (bicyclic) bond motifs is 1. The van der Waals surface area contributed by atoms with Crippen LogP contribution >= 0.6 is 0 Å². The second-order valence-electron chi connectivity index (χ2n) is 7.20. The molecule has 2 amide bonds. The molecule has 1 aromatic carbocycles. The van der Waals surface area contributed by atoms with Crippen LogP contribution in [0.2, 0.25) is 0 Å². The molecule has 1 saturated heterocycles. The Morgan fingerprint density at radius 2 is 2.00 bits per heavy atom. The van der Waals surface area contributed by atoms with E-state index in [1.165, 1.54) is 6.26 Å². The molecular weight excluding hydrogens is 340 g/mol. The van der Waals surface area contributed by atoms with Crippen LogP contribution in [0.4, 0.5) is 5.69 Å². The highest BCUT2D eigenvalue weighted by Crippen LogP contribution is 2.32. The Labute approximate surface area is 148 Å². The van der Waals surface area contributed by atoms with Crippen molar-refractivity contribution in [2.24, 2.45) is 5.92 Å². The van der Waals surface area contributed by atoms with E-state index in [0.717, 1.165) is 24.1 Å². The quantitative estimate of drug-likeness (QED) is 0.817. The van der Waals surface area contributed by atoms with Gasteiger partial charge in [0.1, 0.15) is 0 Å². The number of hydrogen-bond donors (Lipinski definition) is 0. The topological polar surface area (TPSA) is 74.8 Å². The summed E-state index contributed by atoms with van der Waals surface area (Å²) in [5.41, 5.74) is 1.66. The standard InChI is InChI=1S/C18H24N2O4S/c1-12(2)20-11-14(10-17(20)21)18(22)19-8-4-5-13-9-15(25(3,23)24)6-7-16(13)19/h6-7,9,12,14H,4-5,8,10-11H2,1-3H3/t14-/m0/s1. The molecule has 2 aliphatic heterocycles. The van der Waals surface area contributed by atoms with E-state index in [0.29, 0.717) is 13.1 Å². The third-order valence-electron chi connectivity index (χ3n) is 4.99. The van der Waals surface area contributed by atoms with E-state index < -0.39 is 9.84 Å². The molecule has 3 rings (SSSR count). The minimum atomic E-state index is -3.27. The van der Waals surface area contributed by atoms with Crippen molar-refractivity contribution in [2.75, 3.05) is 24.2 Å². The molecule has 0 N–H and O–H groups in total. The molecule has 0 radical (unpaired) electrons. The molecule has 0 aliphatic carbocycles. The van der Waals surface area contributed by atoms with Gasteiger partial charge in [0.05, 0.1) is 10.8 Å². The minimum Gasteiger partial charge on any atom is -0.339 e. The second-order valence-corrected chi connectivity index (χ2v) is 9.21. The van der Waals surface area contributed by atoms with E-state index in [2.05, 4.69) is 0 Å². The Morgan fingerprint density at radius 3 is 2.60 bits per heavy atom. The fraction of sp³-hybridized carbons (Fsp3) is 0.556. The first-order valence-corrected chi connectivity index (χ1v) is 10.5. The summed E-state index contributed by atoms with van der Waals surface area (Å²) >= 11 is 0. The summed E-state index contributed by atoms with van der Waals surface area (Å²) in [4.78, 5) is 28.8. The van der Waals surface area contributed by atoms with Crippen LogP contribution in [-0.4, -0.2) is 50.5 Å². The monoisotopic (exact) mass is 364 g/mol. The normalized spacial score (nSPS) is 21.0. The summed E-state index contributed by atoms with van der Waals surface area (Å²) in [6.45, 7) is 4.97. The number of anilines is 1. The second kappa shape index (κ2) is 6.44. The fourth-order valence-corrected chi connectivity index (χ4v) is 4.32. The molecule has 0 unspecified atom stereocenters. The number of hydrogen-bond acceptors (Lipinski definition) is 4. The number of carbonyl (C=O) groups is 2. The molecule has 2 heterocycles. The Morgan fingerprint density at radius 1 is 1.28 bits per heavy atom. The molecule has 6 nitrogen and oxygen atoms in total. The molecule has 0 saturated carbocycles. The van der Waals surface area contributed by atoms with Gasteiger partial charge in [-0.25, -0.2) is 8.42 Å². The largest absolute Gasteiger partial charge is 0.339 e.